The second-order valence-corrected chi connectivity index (χ2v) is 4.96. The van der Waals surface area contributed by atoms with Crippen molar-refractivity contribution in [3.8, 4) is 17.1 Å². The Morgan fingerprint density at radius 1 is 0.958 bits per heavy atom. The van der Waals surface area contributed by atoms with Gasteiger partial charge in [0, 0.05) is 5.56 Å². The van der Waals surface area contributed by atoms with E-state index in [-0.39, 0.29) is 17.4 Å². The van der Waals surface area contributed by atoms with Crippen LogP contribution in [0, 0.1) is 5.82 Å². The molecule has 0 fully saturated rings. The average Bonchev–Trinajstić information content (AvgIpc) is 3.02. The van der Waals surface area contributed by atoms with Gasteiger partial charge in [-0.15, -0.1) is 14.6 Å². The van der Waals surface area contributed by atoms with Crippen LogP contribution < -0.4 is 11.4 Å². The molecular formula is C16H9FN4O3. The van der Waals surface area contributed by atoms with Crippen molar-refractivity contribution in [3.63, 3.8) is 0 Å². The summed E-state index contributed by atoms with van der Waals surface area (Å²) >= 11 is 0. The first-order valence-electron chi connectivity index (χ1n) is 6.98. The van der Waals surface area contributed by atoms with Crippen LogP contribution in [-0.2, 0) is 0 Å². The highest BCUT2D eigenvalue weighted by Crippen LogP contribution is 2.17. The number of hydrogen-bond acceptors (Lipinski definition) is 5. The molecule has 0 aliphatic heterocycles. The Hall–Kier alpha value is -3.55. The summed E-state index contributed by atoms with van der Waals surface area (Å²) in [6.07, 6.45) is 0. The molecule has 0 saturated carbocycles. The van der Waals surface area contributed by atoms with E-state index in [0.717, 1.165) is 21.2 Å². The van der Waals surface area contributed by atoms with Gasteiger partial charge in [-0.2, -0.15) is 0 Å². The van der Waals surface area contributed by atoms with Gasteiger partial charge >= 0.3 is 17.2 Å². The maximum Gasteiger partial charge on any atom is 0.362 e. The first-order valence-corrected chi connectivity index (χ1v) is 6.98. The van der Waals surface area contributed by atoms with Crippen molar-refractivity contribution in [2.24, 2.45) is 0 Å². The molecule has 0 aliphatic rings. The summed E-state index contributed by atoms with van der Waals surface area (Å²) < 4.78 is 20.1. The number of aromatic nitrogens is 4. The quantitative estimate of drug-likeness (QED) is 0.560. The molecular weight excluding hydrogens is 315 g/mol. The zero-order chi connectivity index (χ0) is 16.7. The van der Waals surface area contributed by atoms with Gasteiger partial charge in [0.05, 0.1) is 5.69 Å². The van der Waals surface area contributed by atoms with Crippen molar-refractivity contribution < 1.29 is 8.81 Å². The molecule has 2 aromatic heterocycles. The van der Waals surface area contributed by atoms with Crippen LogP contribution in [0.1, 0.15) is 0 Å². The zero-order valence-corrected chi connectivity index (χ0v) is 12.1. The van der Waals surface area contributed by atoms with E-state index in [0.29, 0.717) is 5.56 Å². The Labute approximate surface area is 133 Å². The third kappa shape index (κ3) is 2.21. The number of halogens is 1. The van der Waals surface area contributed by atoms with Gasteiger partial charge in [-0.05, 0) is 36.4 Å². The number of benzene rings is 2. The van der Waals surface area contributed by atoms with E-state index in [4.69, 9.17) is 4.42 Å². The Morgan fingerprint density at radius 2 is 1.67 bits per heavy atom. The van der Waals surface area contributed by atoms with Crippen molar-refractivity contribution >= 4 is 5.84 Å². The lowest BCUT2D eigenvalue weighted by Crippen LogP contribution is -2.38. The summed E-state index contributed by atoms with van der Waals surface area (Å²) in [4.78, 5) is 28.4. The summed E-state index contributed by atoms with van der Waals surface area (Å²) in [6, 6.07) is 13.8. The van der Waals surface area contributed by atoms with E-state index >= 15 is 0 Å². The molecule has 4 aromatic rings. The van der Waals surface area contributed by atoms with Crippen LogP contribution in [0.25, 0.3) is 23.0 Å². The predicted molar refractivity (Wildman–Crippen MR) is 82.5 cm³/mol. The number of nitrogens with zero attached hydrogens (tertiary/aromatic N) is 4. The molecule has 0 saturated heterocycles. The van der Waals surface area contributed by atoms with Crippen molar-refractivity contribution in [3.05, 3.63) is 81.4 Å². The molecule has 0 amide bonds. The van der Waals surface area contributed by atoms with E-state index in [1.165, 1.54) is 12.1 Å². The molecule has 0 unspecified atom stereocenters. The summed E-state index contributed by atoms with van der Waals surface area (Å²) in [5, 5.41) is 4.07. The molecule has 118 valence electrons. The molecule has 2 heterocycles. The fourth-order valence-electron chi connectivity index (χ4n) is 2.30. The fraction of sp³-hybridized carbons (Fsp3) is 0. The van der Waals surface area contributed by atoms with Crippen LogP contribution in [-0.4, -0.2) is 19.2 Å². The van der Waals surface area contributed by atoms with Crippen LogP contribution in [0.4, 0.5) is 4.39 Å². The van der Waals surface area contributed by atoms with Crippen molar-refractivity contribution in [1.82, 2.24) is 19.2 Å². The standard InChI is InChI=1S/C16H9FN4O3/c17-11-6-8-12(9-7-11)20-14(22)18-15-21(16(20)23)19-13(24-15)10-4-2-1-3-5-10/h1-9H. The molecule has 0 radical (unpaired) electrons. The first kappa shape index (κ1) is 14.1. The minimum absolute atomic E-state index is 0.163. The first-order chi connectivity index (χ1) is 11.6. The predicted octanol–water partition coefficient (Wildman–Crippen LogP) is 1.64. The molecule has 0 bridgehead atoms. The molecule has 8 heteroatoms. The highest BCUT2D eigenvalue weighted by molar-refractivity contribution is 5.53. The molecule has 0 aliphatic carbocycles. The summed E-state index contributed by atoms with van der Waals surface area (Å²) in [5.41, 5.74) is -0.745. The van der Waals surface area contributed by atoms with Crippen LogP contribution >= 0.6 is 0 Å². The maximum atomic E-state index is 13.0. The largest absolute Gasteiger partial charge is 0.403 e. The number of rotatable bonds is 2. The van der Waals surface area contributed by atoms with Crippen LogP contribution in [0.15, 0.2) is 68.6 Å². The minimum atomic E-state index is -0.831. The lowest BCUT2D eigenvalue weighted by Gasteiger charge is -2.02. The van der Waals surface area contributed by atoms with Gasteiger partial charge in [-0.3, -0.25) is 0 Å². The van der Waals surface area contributed by atoms with Gasteiger partial charge in [0.1, 0.15) is 5.82 Å². The fourth-order valence-corrected chi connectivity index (χ4v) is 2.30. The van der Waals surface area contributed by atoms with Gasteiger partial charge in [-0.25, -0.2) is 18.5 Å². The highest BCUT2D eigenvalue weighted by atomic mass is 19.1. The highest BCUT2D eigenvalue weighted by Gasteiger charge is 2.16. The van der Waals surface area contributed by atoms with E-state index in [1.54, 1.807) is 24.3 Å². The van der Waals surface area contributed by atoms with Crippen molar-refractivity contribution in [2.75, 3.05) is 0 Å². The maximum absolute atomic E-state index is 13.0. The summed E-state index contributed by atoms with van der Waals surface area (Å²) in [7, 11) is 0. The zero-order valence-electron chi connectivity index (χ0n) is 12.1. The van der Waals surface area contributed by atoms with Crippen molar-refractivity contribution in [1.29, 1.82) is 0 Å². The van der Waals surface area contributed by atoms with E-state index in [1.807, 2.05) is 6.07 Å². The molecule has 0 N–H and O–H groups in total. The van der Waals surface area contributed by atoms with Crippen LogP contribution in [0.5, 0.6) is 0 Å². The van der Waals surface area contributed by atoms with E-state index in [9.17, 15) is 14.0 Å². The minimum Gasteiger partial charge on any atom is -0.403 e. The Bertz CT molecular complexity index is 1140. The second kappa shape index (κ2) is 5.27. The Morgan fingerprint density at radius 3 is 2.38 bits per heavy atom. The number of hydrogen-bond donors (Lipinski definition) is 0. The van der Waals surface area contributed by atoms with E-state index in [2.05, 4.69) is 10.1 Å². The summed E-state index contributed by atoms with van der Waals surface area (Å²) in [5.74, 6) is -0.521. The lowest BCUT2D eigenvalue weighted by atomic mass is 10.2. The van der Waals surface area contributed by atoms with Crippen molar-refractivity contribution in [2.45, 2.75) is 0 Å². The van der Waals surface area contributed by atoms with Gasteiger partial charge in [0.25, 0.3) is 0 Å². The van der Waals surface area contributed by atoms with Gasteiger partial charge in [-0.1, -0.05) is 18.2 Å². The Balaban J connectivity index is 1.96. The average molecular weight is 324 g/mol. The second-order valence-electron chi connectivity index (χ2n) is 4.96. The van der Waals surface area contributed by atoms with Crippen LogP contribution in [0.3, 0.4) is 0 Å². The van der Waals surface area contributed by atoms with Crippen LogP contribution in [0.2, 0.25) is 0 Å². The number of fused-ring (bicyclic) bond motifs is 1. The van der Waals surface area contributed by atoms with Gasteiger partial charge < -0.3 is 4.42 Å². The topological polar surface area (TPSA) is 82.4 Å². The van der Waals surface area contributed by atoms with Gasteiger partial charge in [0.2, 0.25) is 5.89 Å². The normalized spacial score (nSPS) is 11.0. The molecule has 0 atom stereocenters. The molecule has 4 rings (SSSR count). The monoisotopic (exact) mass is 324 g/mol. The SMILES string of the molecule is O=c1nc2oc(-c3ccccc3)nn2c(=O)n1-c1ccc(F)cc1. The molecule has 2 aromatic carbocycles. The molecule has 7 nitrogen and oxygen atoms in total. The third-order valence-corrected chi connectivity index (χ3v) is 3.42. The third-order valence-electron chi connectivity index (χ3n) is 3.42. The summed E-state index contributed by atoms with van der Waals surface area (Å²) in [6.45, 7) is 0. The lowest BCUT2D eigenvalue weighted by molar-refractivity contribution is 0.591. The smallest absolute Gasteiger partial charge is 0.362 e. The van der Waals surface area contributed by atoms with Gasteiger partial charge in [0.15, 0.2) is 0 Å². The molecule has 0 spiro atoms. The molecule has 24 heavy (non-hydrogen) atoms. The van der Waals surface area contributed by atoms with E-state index < -0.39 is 17.2 Å². The Kier molecular flexibility index (Phi) is 3.09.